The number of hydrogen-bond donors (Lipinski definition) is 2. The van der Waals surface area contributed by atoms with Crippen molar-refractivity contribution in [3.63, 3.8) is 0 Å². The topological polar surface area (TPSA) is 33.3 Å². The zero-order valence-electron chi connectivity index (χ0n) is 14.7. The van der Waals surface area contributed by atoms with Crippen LogP contribution < -0.4 is 15.4 Å². The number of methoxy groups -OCH3 is 1. The molecule has 0 aromatic heterocycles. The molecule has 1 saturated heterocycles. The van der Waals surface area contributed by atoms with Crippen LogP contribution in [0.5, 0.6) is 5.75 Å². The lowest BCUT2D eigenvalue weighted by molar-refractivity contribution is 0.391. The zero-order valence-corrected chi connectivity index (χ0v) is 14.7. The Hall–Kier alpha value is -1.84. The van der Waals surface area contributed by atoms with Gasteiger partial charge in [-0.05, 0) is 61.5 Å². The highest BCUT2D eigenvalue weighted by Crippen LogP contribution is 2.33. The Morgan fingerprint density at radius 2 is 1.88 bits per heavy atom. The maximum atomic E-state index is 5.61. The molecule has 2 aromatic rings. The smallest absolute Gasteiger partial charge is 0.122 e. The van der Waals surface area contributed by atoms with Gasteiger partial charge in [-0.25, -0.2) is 0 Å². The molecule has 0 bridgehead atoms. The van der Waals surface area contributed by atoms with Crippen molar-refractivity contribution in [2.45, 2.75) is 38.3 Å². The van der Waals surface area contributed by atoms with Crippen molar-refractivity contribution in [1.29, 1.82) is 0 Å². The fourth-order valence-corrected chi connectivity index (χ4v) is 3.48. The first kappa shape index (κ1) is 17.0. The highest BCUT2D eigenvalue weighted by molar-refractivity contribution is 5.40. The predicted octanol–water partition coefficient (Wildman–Crippen LogP) is 4.01. The number of benzene rings is 2. The lowest BCUT2D eigenvalue weighted by Gasteiger charge is -2.25. The summed E-state index contributed by atoms with van der Waals surface area (Å²) in [6, 6.07) is 17.6. The zero-order chi connectivity index (χ0) is 16.8. The second-order valence-corrected chi connectivity index (χ2v) is 6.61. The maximum Gasteiger partial charge on any atom is 0.122 e. The van der Waals surface area contributed by atoms with Crippen molar-refractivity contribution in [3.05, 3.63) is 65.2 Å². The Kier molecular flexibility index (Phi) is 5.89. The average Bonchev–Trinajstić information content (AvgIpc) is 2.67. The number of nitrogens with one attached hydrogen (secondary N) is 2. The molecule has 128 valence electrons. The van der Waals surface area contributed by atoms with Crippen molar-refractivity contribution in [3.8, 4) is 5.75 Å². The van der Waals surface area contributed by atoms with E-state index in [2.05, 4.69) is 66.1 Å². The van der Waals surface area contributed by atoms with E-state index in [-0.39, 0.29) is 0 Å². The van der Waals surface area contributed by atoms with Crippen LogP contribution in [-0.2, 0) is 6.54 Å². The summed E-state index contributed by atoms with van der Waals surface area (Å²) in [6.07, 6.45) is 2.38. The van der Waals surface area contributed by atoms with E-state index in [0.29, 0.717) is 12.0 Å². The second kappa shape index (κ2) is 8.32. The largest absolute Gasteiger partial charge is 0.496 e. The third-order valence-electron chi connectivity index (χ3n) is 4.99. The summed E-state index contributed by atoms with van der Waals surface area (Å²) in [5.74, 6) is 1.63. The van der Waals surface area contributed by atoms with Crippen LogP contribution in [-0.4, -0.2) is 20.2 Å². The van der Waals surface area contributed by atoms with Gasteiger partial charge in [0.1, 0.15) is 5.75 Å². The van der Waals surface area contributed by atoms with Crippen LogP contribution in [0.3, 0.4) is 0 Å². The third-order valence-corrected chi connectivity index (χ3v) is 4.99. The Morgan fingerprint density at radius 3 is 2.58 bits per heavy atom. The predicted molar refractivity (Wildman–Crippen MR) is 99.5 cm³/mol. The molecule has 1 atom stereocenters. The van der Waals surface area contributed by atoms with Crippen molar-refractivity contribution in [2.24, 2.45) is 0 Å². The minimum absolute atomic E-state index is 0.343. The molecule has 3 nitrogen and oxygen atoms in total. The fraction of sp³-hybridized carbons (Fsp3) is 0.429. The summed E-state index contributed by atoms with van der Waals surface area (Å²) < 4.78 is 5.61. The van der Waals surface area contributed by atoms with Crippen LogP contribution in [0.25, 0.3) is 0 Å². The third kappa shape index (κ3) is 4.16. The quantitative estimate of drug-likeness (QED) is 0.842. The molecule has 0 radical (unpaired) electrons. The molecular formula is C21H28N2O. The van der Waals surface area contributed by atoms with Gasteiger partial charge in [-0.3, -0.25) is 0 Å². The molecule has 0 spiro atoms. The molecule has 2 N–H and O–H groups in total. The number of ether oxygens (including phenoxy) is 1. The van der Waals surface area contributed by atoms with E-state index in [1.165, 1.54) is 29.5 Å². The first-order valence-electron chi connectivity index (χ1n) is 8.94. The molecule has 1 aliphatic heterocycles. The van der Waals surface area contributed by atoms with Gasteiger partial charge in [0.2, 0.25) is 0 Å². The minimum Gasteiger partial charge on any atom is -0.496 e. The highest BCUT2D eigenvalue weighted by Gasteiger charge is 2.19. The van der Waals surface area contributed by atoms with Gasteiger partial charge in [-0.1, -0.05) is 42.5 Å². The maximum absolute atomic E-state index is 5.61. The van der Waals surface area contributed by atoms with Crippen LogP contribution in [0.15, 0.2) is 48.5 Å². The van der Waals surface area contributed by atoms with Crippen LogP contribution in [0.4, 0.5) is 0 Å². The number of hydrogen-bond acceptors (Lipinski definition) is 3. The van der Waals surface area contributed by atoms with E-state index in [0.717, 1.165) is 25.4 Å². The van der Waals surface area contributed by atoms with Gasteiger partial charge in [0.05, 0.1) is 7.11 Å². The molecule has 24 heavy (non-hydrogen) atoms. The molecular weight excluding hydrogens is 296 g/mol. The van der Waals surface area contributed by atoms with Gasteiger partial charge in [-0.2, -0.15) is 0 Å². The van der Waals surface area contributed by atoms with Gasteiger partial charge >= 0.3 is 0 Å². The fourth-order valence-electron chi connectivity index (χ4n) is 3.48. The van der Waals surface area contributed by atoms with E-state index in [1.807, 2.05) is 0 Å². The van der Waals surface area contributed by atoms with E-state index in [1.54, 1.807) is 7.11 Å². The Morgan fingerprint density at radius 1 is 1.12 bits per heavy atom. The summed E-state index contributed by atoms with van der Waals surface area (Å²) in [5.41, 5.74) is 4.02. The van der Waals surface area contributed by atoms with Crippen LogP contribution in [0.1, 0.15) is 48.4 Å². The summed E-state index contributed by atoms with van der Waals surface area (Å²) in [4.78, 5) is 0. The first-order valence-corrected chi connectivity index (χ1v) is 8.94. The molecule has 3 rings (SSSR count). The molecule has 0 amide bonds. The first-order chi connectivity index (χ1) is 11.8. The average molecular weight is 324 g/mol. The Balaban J connectivity index is 1.69. The Labute approximate surface area is 145 Å². The van der Waals surface area contributed by atoms with Crippen LogP contribution >= 0.6 is 0 Å². The molecule has 1 unspecified atom stereocenters. The van der Waals surface area contributed by atoms with E-state index < -0.39 is 0 Å². The van der Waals surface area contributed by atoms with Crippen molar-refractivity contribution < 1.29 is 4.74 Å². The minimum atomic E-state index is 0.343. The molecule has 1 fully saturated rings. The standard InChI is InChI=1S/C21H28N2O/c1-16(18-6-4-3-5-7-18)23-15-17-8-9-21(24-2)20(14-17)19-10-12-22-13-11-19/h3-9,14,16,19,22-23H,10-13,15H2,1-2H3. The molecule has 3 heteroatoms. The molecule has 2 aromatic carbocycles. The van der Waals surface area contributed by atoms with Crippen LogP contribution in [0.2, 0.25) is 0 Å². The molecule has 0 saturated carbocycles. The summed E-state index contributed by atoms with van der Waals surface area (Å²) in [5, 5.41) is 7.07. The lowest BCUT2D eigenvalue weighted by atomic mass is 9.88. The normalized spacial score (nSPS) is 16.8. The van der Waals surface area contributed by atoms with Gasteiger partial charge in [-0.15, -0.1) is 0 Å². The SMILES string of the molecule is COc1ccc(CNC(C)c2ccccc2)cc1C1CCNCC1. The van der Waals surface area contributed by atoms with Crippen molar-refractivity contribution in [2.75, 3.05) is 20.2 Å². The molecule has 1 heterocycles. The van der Waals surface area contributed by atoms with Gasteiger partial charge in [0.15, 0.2) is 0 Å². The van der Waals surface area contributed by atoms with E-state index in [4.69, 9.17) is 4.74 Å². The van der Waals surface area contributed by atoms with Crippen molar-refractivity contribution in [1.82, 2.24) is 10.6 Å². The van der Waals surface area contributed by atoms with E-state index >= 15 is 0 Å². The number of rotatable bonds is 6. The highest BCUT2D eigenvalue weighted by atomic mass is 16.5. The van der Waals surface area contributed by atoms with Gasteiger partial charge in [0.25, 0.3) is 0 Å². The monoisotopic (exact) mass is 324 g/mol. The number of piperidine rings is 1. The molecule has 0 aliphatic carbocycles. The van der Waals surface area contributed by atoms with Crippen molar-refractivity contribution >= 4 is 0 Å². The Bertz CT molecular complexity index is 636. The van der Waals surface area contributed by atoms with Gasteiger partial charge < -0.3 is 15.4 Å². The summed E-state index contributed by atoms with van der Waals surface area (Å²) >= 11 is 0. The molecule has 1 aliphatic rings. The van der Waals surface area contributed by atoms with Gasteiger partial charge in [0, 0.05) is 12.6 Å². The summed E-state index contributed by atoms with van der Waals surface area (Å²) in [6.45, 7) is 5.28. The second-order valence-electron chi connectivity index (χ2n) is 6.61. The lowest BCUT2D eigenvalue weighted by Crippen LogP contribution is -2.27. The van der Waals surface area contributed by atoms with Crippen LogP contribution in [0, 0.1) is 0 Å². The summed E-state index contributed by atoms with van der Waals surface area (Å²) in [7, 11) is 1.77. The van der Waals surface area contributed by atoms with E-state index in [9.17, 15) is 0 Å².